The zero-order valence-corrected chi connectivity index (χ0v) is 18.6. The molecule has 10 heteroatoms. The van der Waals surface area contributed by atoms with E-state index in [2.05, 4.69) is 0 Å². The van der Waals surface area contributed by atoms with Crippen LogP contribution in [0.4, 0.5) is 13.2 Å². The lowest BCUT2D eigenvalue weighted by Gasteiger charge is -2.21. The zero-order chi connectivity index (χ0) is 24.3. The molecule has 1 aliphatic rings. The molecule has 178 valence electrons. The Morgan fingerprint density at radius 1 is 1.06 bits per heavy atom. The Labute approximate surface area is 194 Å². The standard InChI is InChI=1S/C24H20F3NO5S/c25-24(26,27)18-9-11-19(12-10-18)33-20-5-1-4-17(16-20)8-13-22(29)21-6-2-14-28(21)34(30,31)23-7-3-15-32-23/h1-7,9-12,15-16,21H,8,13-14H2/t21-/m0/s1. The Bertz CT molecular complexity index is 1280. The average molecular weight is 491 g/mol. The third kappa shape index (κ3) is 5.23. The van der Waals surface area contributed by atoms with E-state index in [4.69, 9.17) is 9.15 Å². The summed E-state index contributed by atoms with van der Waals surface area (Å²) in [5.74, 6) is 0.390. The molecule has 6 nitrogen and oxygen atoms in total. The smallest absolute Gasteiger partial charge is 0.416 e. The molecule has 0 amide bonds. The minimum atomic E-state index is -4.42. The number of carbonyl (C=O) groups excluding carboxylic acids is 1. The third-order valence-corrected chi connectivity index (χ3v) is 7.01. The van der Waals surface area contributed by atoms with E-state index in [9.17, 15) is 26.4 Å². The van der Waals surface area contributed by atoms with Gasteiger partial charge < -0.3 is 9.15 Å². The van der Waals surface area contributed by atoms with Crippen LogP contribution in [-0.2, 0) is 27.4 Å². The number of rotatable bonds is 8. The highest BCUT2D eigenvalue weighted by Crippen LogP contribution is 2.31. The van der Waals surface area contributed by atoms with Crippen molar-refractivity contribution in [2.24, 2.45) is 0 Å². The fourth-order valence-electron chi connectivity index (χ4n) is 3.57. The van der Waals surface area contributed by atoms with Gasteiger partial charge in [0, 0.05) is 13.0 Å². The van der Waals surface area contributed by atoms with Crippen LogP contribution in [0.1, 0.15) is 17.5 Å². The molecule has 4 rings (SSSR count). The minimum Gasteiger partial charge on any atom is -0.457 e. The van der Waals surface area contributed by atoms with Gasteiger partial charge in [-0.05, 0) is 60.5 Å². The van der Waals surface area contributed by atoms with Crippen molar-refractivity contribution in [3.63, 3.8) is 0 Å². The predicted molar refractivity (Wildman–Crippen MR) is 117 cm³/mol. The summed E-state index contributed by atoms with van der Waals surface area (Å²) in [5, 5.41) is -0.220. The maximum Gasteiger partial charge on any atom is 0.416 e. The quantitative estimate of drug-likeness (QED) is 0.404. The first kappa shape index (κ1) is 23.8. The maximum atomic E-state index is 12.8. The molecular formula is C24H20F3NO5S. The number of benzene rings is 2. The first-order valence-electron chi connectivity index (χ1n) is 10.3. The van der Waals surface area contributed by atoms with Crippen LogP contribution in [0.3, 0.4) is 0 Å². The van der Waals surface area contributed by atoms with Crippen molar-refractivity contribution in [2.75, 3.05) is 6.54 Å². The normalized spacial score (nSPS) is 16.6. The number of halogens is 3. The van der Waals surface area contributed by atoms with Gasteiger partial charge in [-0.25, -0.2) is 8.42 Å². The SMILES string of the molecule is O=C(CCc1cccc(Oc2ccc(C(F)(F)F)cc2)c1)[C@@H]1C=CCN1S(=O)(=O)c1ccco1. The summed E-state index contributed by atoms with van der Waals surface area (Å²) < 4.78 is 75.4. The molecule has 0 aliphatic carbocycles. The molecule has 2 aromatic carbocycles. The molecule has 1 aromatic heterocycles. The number of carbonyl (C=O) groups is 1. The molecule has 0 saturated heterocycles. The van der Waals surface area contributed by atoms with E-state index in [1.54, 1.807) is 36.4 Å². The van der Waals surface area contributed by atoms with Crippen molar-refractivity contribution < 1.29 is 35.5 Å². The highest BCUT2D eigenvalue weighted by molar-refractivity contribution is 7.89. The van der Waals surface area contributed by atoms with E-state index in [-0.39, 0.29) is 29.6 Å². The first-order chi connectivity index (χ1) is 16.1. The number of ether oxygens (including phenoxy) is 1. The summed E-state index contributed by atoms with van der Waals surface area (Å²) >= 11 is 0. The van der Waals surface area contributed by atoms with Crippen LogP contribution in [0.2, 0.25) is 0 Å². The number of aryl methyl sites for hydroxylation is 1. The van der Waals surface area contributed by atoms with Crippen LogP contribution >= 0.6 is 0 Å². The van der Waals surface area contributed by atoms with Gasteiger partial charge in [0.2, 0.25) is 5.09 Å². The molecule has 0 fully saturated rings. The van der Waals surface area contributed by atoms with E-state index in [1.165, 1.54) is 30.5 Å². The largest absolute Gasteiger partial charge is 0.457 e. The molecule has 0 saturated carbocycles. The van der Waals surface area contributed by atoms with Crippen molar-refractivity contribution in [1.82, 2.24) is 4.31 Å². The van der Waals surface area contributed by atoms with E-state index in [0.29, 0.717) is 12.2 Å². The highest BCUT2D eigenvalue weighted by atomic mass is 32.2. The number of nitrogens with zero attached hydrogens (tertiary/aromatic N) is 1. The fraction of sp³-hybridized carbons (Fsp3) is 0.208. The molecule has 0 bridgehead atoms. The van der Waals surface area contributed by atoms with Crippen molar-refractivity contribution in [1.29, 1.82) is 0 Å². The number of hydrogen-bond donors (Lipinski definition) is 0. The second-order valence-electron chi connectivity index (χ2n) is 7.62. The second kappa shape index (κ2) is 9.47. The van der Waals surface area contributed by atoms with Gasteiger partial charge in [-0.15, -0.1) is 0 Å². The average Bonchev–Trinajstić information content (AvgIpc) is 3.50. The van der Waals surface area contributed by atoms with Crippen LogP contribution in [0.25, 0.3) is 0 Å². The number of furan rings is 1. The molecule has 0 unspecified atom stereocenters. The minimum absolute atomic E-state index is 0.0793. The number of alkyl halides is 3. The number of hydrogen-bond acceptors (Lipinski definition) is 5. The first-order valence-corrected chi connectivity index (χ1v) is 11.8. The molecule has 1 atom stereocenters. The Hall–Kier alpha value is -3.37. The monoisotopic (exact) mass is 491 g/mol. The highest BCUT2D eigenvalue weighted by Gasteiger charge is 2.37. The van der Waals surface area contributed by atoms with Gasteiger partial charge in [0.1, 0.15) is 17.5 Å². The van der Waals surface area contributed by atoms with Crippen LogP contribution in [-0.4, -0.2) is 31.1 Å². The Balaban J connectivity index is 1.39. The Morgan fingerprint density at radius 3 is 2.50 bits per heavy atom. The van der Waals surface area contributed by atoms with Crippen LogP contribution in [0.15, 0.2) is 88.6 Å². The summed E-state index contributed by atoms with van der Waals surface area (Å²) in [7, 11) is -3.93. The van der Waals surface area contributed by atoms with E-state index in [1.807, 2.05) is 0 Å². The fourth-order valence-corrected chi connectivity index (χ4v) is 5.00. The topological polar surface area (TPSA) is 76.8 Å². The number of ketones is 1. The van der Waals surface area contributed by atoms with Crippen molar-refractivity contribution in [3.8, 4) is 11.5 Å². The van der Waals surface area contributed by atoms with Gasteiger partial charge in [0.05, 0.1) is 11.8 Å². The lowest BCUT2D eigenvalue weighted by Crippen LogP contribution is -2.40. The molecule has 34 heavy (non-hydrogen) atoms. The summed E-state index contributed by atoms with van der Waals surface area (Å²) in [6.07, 6.45) is 0.443. The Kier molecular flexibility index (Phi) is 6.63. The molecule has 0 N–H and O–H groups in total. The Morgan fingerprint density at radius 2 is 1.82 bits per heavy atom. The van der Waals surface area contributed by atoms with E-state index >= 15 is 0 Å². The summed E-state index contributed by atoms with van der Waals surface area (Å²) in [6, 6.07) is 13.1. The van der Waals surface area contributed by atoms with E-state index in [0.717, 1.165) is 22.0 Å². The number of Topliss-reactive ketones (excluding diaryl/α,β-unsaturated/α-hetero) is 1. The molecule has 0 radical (unpaired) electrons. The predicted octanol–water partition coefficient (Wildman–Crippen LogP) is 5.22. The van der Waals surface area contributed by atoms with Gasteiger partial charge in [-0.1, -0.05) is 24.3 Å². The van der Waals surface area contributed by atoms with Gasteiger partial charge in [0.25, 0.3) is 10.0 Å². The van der Waals surface area contributed by atoms with Gasteiger partial charge in [-0.3, -0.25) is 4.79 Å². The second-order valence-corrected chi connectivity index (χ2v) is 9.44. The van der Waals surface area contributed by atoms with Crippen molar-refractivity contribution in [3.05, 3.63) is 90.2 Å². The number of sulfonamides is 1. The van der Waals surface area contributed by atoms with Crippen LogP contribution in [0.5, 0.6) is 11.5 Å². The molecular weight excluding hydrogens is 471 g/mol. The summed E-state index contributed by atoms with van der Waals surface area (Å²) in [5.41, 5.74) is -0.00337. The molecule has 1 aliphatic heterocycles. The zero-order valence-electron chi connectivity index (χ0n) is 17.7. The summed E-state index contributed by atoms with van der Waals surface area (Å²) in [4.78, 5) is 12.8. The lowest BCUT2D eigenvalue weighted by molar-refractivity contribution is -0.137. The molecule has 3 aromatic rings. The van der Waals surface area contributed by atoms with Crippen molar-refractivity contribution in [2.45, 2.75) is 30.2 Å². The summed E-state index contributed by atoms with van der Waals surface area (Å²) in [6.45, 7) is 0.0793. The molecule has 0 spiro atoms. The third-order valence-electron chi connectivity index (χ3n) is 5.28. The van der Waals surface area contributed by atoms with Gasteiger partial charge >= 0.3 is 6.18 Å². The maximum absolute atomic E-state index is 12.8. The van der Waals surface area contributed by atoms with Crippen LogP contribution < -0.4 is 4.74 Å². The lowest BCUT2D eigenvalue weighted by atomic mass is 10.0. The van der Waals surface area contributed by atoms with Gasteiger partial charge in [-0.2, -0.15) is 17.5 Å². The van der Waals surface area contributed by atoms with Crippen molar-refractivity contribution >= 4 is 15.8 Å². The van der Waals surface area contributed by atoms with Gasteiger partial charge in [0.15, 0.2) is 5.78 Å². The molecule has 2 heterocycles. The van der Waals surface area contributed by atoms with E-state index < -0.39 is 27.8 Å². The van der Waals surface area contributed by atoms with Crippen LogP contribution in [0, 0.1) is 0 Å².